The number of H-pyrrole nitrogens is 1. The average Bonchev–Trinajstić information content (AvgIpc) is 2.75. The van der Waals surface area contributed by atoms with Crippen LogP contribution >= 0.6 is 0 Å². The van der Waals surface area contributed by atoms with Gasteiger partial charge in [-0.3, -0.25) is 4.79 Å². The Morgan fingerprint density at radius 2 is 1.88 bits per heavy atom. The number of nitrogens with one attached hydrogen (secondary N) is 2. The predicted molar refractivity (Wildman–Crippen MR) is 117 cm³/mol. The molecule has 0 aliphatic heterocycles. The SMILES string of the molecule is Cc1nc(N[C@H](C)c2cccc(C(F)F)c2F)c2cc([C@]3(O)CC[C@@H](O)CC3)c(=O)[nH]c2n1. The van der Waals surface area contributed by atoms with Gasteiger partial charge < -0.3 is 20.5 Å². The highest BCUT2D eigenvalue weighted by atomic mass is 19.3. The van der Waals surface area contributed by atoms with Crippen molar-refractivity contribution < 1.29 is 23.4 Å². The molecule has 0 unspecified atom stereocenters. The number of hydrogen-bond donors (Lipinski definition) is 4. The summed E-state index contributed by atoms with van der Waals surface area (Å²) in [4.78, 5) is 24.1. The van der Waals surface area contributed by atoms with Gasteiger partial charge in [0, 0.05) is 11.1 Å². The van der Waals surface area contributed by atoms with Crippen molar-refractivity contribution in [1.29, 1.82) is 0 Å². The average molecular weight is 462 g/mol. The van der Waals surface area contributed by atoms with Crippen LogP contribution in [0.1, 0.15) is 67.6 Å². The molecule has 1 aliphatic carbocycles. The van der Waals surface area contributed by atoms with Crippen molar-refractivity contribution in [1.82, 2.24) is 15.0 Å². The van der Waals surface area contributed by atoms with Gasteiger partial charge in [0.15, 0.2) is 0 Å². The first kappa shape index (κ1) is 23.2. The zero-order valence-corrected chi connectivity index (χ0v) is 18.2. The Kier molecular flexibility index (Phi) is 6.15. The van der Waals surface area contributed by atoms with Crippen LogP contribution in [0.2, 0.25) is 0 Å². The number of nitrogens with zero attached hydrogens (tertiary/aromatic N) is 2. The van der Waals surface area contributed by atoms with E-state index >= 15 is 0 Å². The summed E-state index contributed by atoms with van der Waals surface area (Å²) in [5, 5.41) is 24.3. The largest absolute Gasteiger partial charge is 0.393 e. The summed E-state index contributed by atoms with van der Waals surface area (Å²) in [5.41, 5.74) is -2.18. The molecule has 4 rings (SSSR count). The summed E-state index contributed by atoms with van der Waals surface area (Å²) in [6.45, 7) is 3.23. The summed E-state index contributed by atoms with van der Waals surface area (Å²) in [6, 6.07) is 4.60. The lowest BCUT2D eigenvalue weighted by Crippen LogP contribution is -2.38. The Balaban J connectivity index is 1.77. The number of aliphatic hydroxyl groups excluding tert-OH is 1. The van der Waals surface area contributed by atoms with E-state index in [-0.39, 0.29) is 35.4 Å². The molecule has 0 saturated heterocycles. The van der Waals surface area contributed by atoms with Crippen LogP contribution in [-0.4, -0.2) is 31.3 Å². The Labute approximate surface area is 187 Å². The van der Waals surface area contributed by atoms with Gasteiger partial charge in [-0.1, -0.05) is 18.2 Å². The first-order chi connectivity index (χ1) is 15.6. The third-order valence-corrected chi connectivity index (χ3v) is 6.22. The monoisotopic (exact) mass is 462 g/mol. The number of alkyl halides is 2. The van der Waals surface area contributed by atoms with Crippen molar-refractivity contribution in [3.63, 3.8) is 0 Å². The van der Waals surface area contributed by atoms with E-state index in [4.69, 9.17) is 0 Å². The van der Waals surface area contributed by atoms with Crippen LogP contribution in [0, 0.1) is 12.7 Å². The summed E-state index contributed by atoms with van der Waals surface area (Å²) < 4.78 is 40.9. The molecule has 10 heteroatoms. The molecule has 1 aliphatic rings. The van der Waals surface area contributed by atoms with Crippen molar-refractivity contribution >= 4 is 16.9 Å². The van der Waals surface area contributed by atoms with Crippen molar-refractivity contribution in [3.05, 3.63) is 63.0 Å². The molecule has 2 aromatic heterocycles. The number of hydrogen-bond acceptors (Lipinski definition) is 6. The summed E-state index contributed by atoms with van der Waals surface area (Å²) in [6.07, 6.45) is -2.30. The minimum Gasteiger partial charge on any atom is -0.393 e. The lowest BCUT2D eigenvalue weighted by atomic mass is 9.79. The van der Waals surface area contributed by atoms with E-state index in [0.29, 0.717) is 24.1 Å². The molecule has 7 nitrogen and oxygen atoms in total. The maximum Gasteiger partial charge on any atom is 0.266 e. The highest BCUT2D eigenvalue weighted by Gasteiger charge is 2.37. The fourth-order valence-electron chi connectivity index (χ4n) is 4.36. The molecule has 0 radical (unpaired) electrons. The van der Waals surface area contributed by atoms with Gasteiger partial charge in [-0.05, 0) is 45.6 Å². The second kappa shape index (κ2) is 8.75. The summed E-state index contributed by atoms with van der Waals surface area (Å²) in [5.74, 6) is -0.391. The number of fused-ring (bicyclic) bond motifs is 1. The minimum absolute atomic E-state index is 0.0433. The number of pyridine rings is 1. The van der Waals surface area contributed by atoms with Gasteiger partial charge in [0.1, 0.15) is 23.1 Å². The molecule has 176 valence electrons. The van der Waals surface area contributed by atoms with E-state index in [2.05, 4.69) is 20.3 Å². The zero-order chi connectivity index (χ0) is 23.9. The van der Waals surface area contributed by atoms with Crippen LogP contribution in [0.15, 0.2) is 29.1 Å². The van der Waals surface area contributed by atoms with E-state index in [9.17, 15) is 28.2 Å². The molecule has 4 N–H and O–H groups in total. The lowest BCUT2D eigenvalue weighted by molar-refractivity contribution is -0.0369. The zero-order valence-electron chi connectivity index (χ0n) is 18.2. The molecule has 1 atom stereocenters. The number of aryl methyl sites for hydroxylation is 1. The van der Waals surface area contributed by atoms with Gasteiger partial charge >= 0.3 is 0 Å². The topological polar surface area (TPSA) is 111 Å². The first-order valence-electron chi connectivity index (χ1n) is 10.7. The van der Waals surface area contributed by atoms with E-state index in [0.717, 1.165) is 6.07 Å². The number of anilines is 1. The third-order valence-electron chi connectivity index (χ3n) is 6.22. The second-order valence-electron chi connectivity index (χ2n) is 8.57. The Hall–Kier alpha value is -2.98. The number of aromatic nitrogens is 3. The third kappa shape index (κ3) is 4.45. The molecule has 1 fully saturated rings. The van der Waals surface area contributed by atoms with E-state index in [1.165, 1.54) is 18.2 Å². The van der Waals surface area contributed by atoms with Crippen LogP contribution in [0.5, 0.6) is 0 Å². The highest BCUT2D eigenvalue weighted by molar-refractivity contribution is 5.87. The lowest BCUT2D eigenvalue weighted by Gasteiger charge is -2.34. The van der Waals surface area contributed by atoms with E-state index in [1.54, 1.807) is 13.8 Å². The van der Waals surface area contributed by atoms with Gasteiger partial charge in [0.25, 0.3) is 12.0 Å². The highest BCUT2D eigenvalue weighted by Crippen LogP contribution is 2.37. The van der Waals surface area contributed by atoms with Crippen LogP contribution < -0.4 is 10.9 Å². The van der Waals surface area contributed by atoms with Gasteiger partial charge in [-0.25, -0.2) is 23.1 Å². The van der Waals surface area contributed by atoms with Crippen molar-refractivity contribution in [2.75, 3.05) is 5.32 Å². The second-order valence-corrected chi connectivity index (χ2v) is 8.57. The molecule has 33 heavy (non-hydrogen) atoms. The summed E-state index contributed by atoms with van der Waals surface area (Å²) >= 11 is 0. The van der Waals surface area contributed by atoms with E-state index in [1.807, 2.05) is 0 Å². The molecule has 0 spiro atoms. The number of halogens is 3. The van der Waals surface area contributed by atoms with Crippen LogP contribution in [0.4, 0.5) is 19.0 Å². The quantitative estimate of drug-likeness (QED) is 0.456. The van der Waals surface area contributed by atoms with Crippen LogP contribution in [0.3, 0.4) is 0 Å². The molecule has 3 aromatic rings. The number of rotatable bonds is 5. The standard InChI is InChI=1S/C23H25F3N4O3/c1-11(14-4-3-5-15(18(14)24)19(25)26)27-20-16-10-17(23(33)8-6-13(31)7-9-23)22(32)30-21(16)29-12(2)28-20/h3-5,10-11,13,19,31,33H,6-9H2,1-2H3,(H2,27,28,29,30,32)/t11-,13-,23+/m1/s1. The smallest absolute Gasteiger partial charge is 0.266 e. The normalized spacial score (nSPS) is 22.0. The number of benzene rings is 1. The van der Waals surface area contributed by atoms with Gasteiger partial charge in [0.05, 0.1) is 28.7 Å². The molecule has 1 saturated carbocycles. The fraction of sp³-hybridized carbons (Fsp3) is 0.435. The molecular weight excluding hydrogens is 437 g/mol. The van der Waals surface area contributed by atoms with Crippen molar-refractivity contribution in [2.24, 2.45) is 0 Å². The van der Waals surface area contributed by atoms with Gasteiger partial charge in [0.2, 0.25) is 0 Å². The molecule has 0 amide bonds. The molecule has 1 aromatic carbocycles. The maximum absolute atomic E-state index is 14.7. The van der Waals surface area contributed by atoms with Gasteiger partial charge in [-0.15, -0.1) is 0 Å². The van der Waals surface area contributed by atoms with Crippen molar-refractivity contribution in [3.8, 4) is 0 Å². The summed E-state index contributed by atoms with van der Waals surface area (Å²) in [7, 11) is 0. The Bertz CT molecular complexity index is 1240. The van der Waals surface area contributed by atoms with Crippen LogP contribution in [0.25, 0.3) is 11.0 Å². The Morgan fingerprint density at radius 3 is 2.55 bits per heavy atom. The van der Waals surface area contributed by atoms with Gasteiger partial charge in [-0.2, -0.15) is 0 Å². The van der Waals surface area contributed by atoms with Crippen molar-refractivity contribution in [2.45, 2.75) is 63.7 Å². The number of aliphatic hydroxyl groups is 2. The maximum atomic E-state index is 14.7. The molecular formula is C23H25F3N4O3. The predicted octanol–water partition coefficient (Wildman–Crippen LogP) is 4.00. The fourth-order valence-corrected chi connectivity index (χ4v) is 4.36. The molecule has 2 heterocycles. The minimum atomic E-state index is -2.94. The molecule has 0 bridgehead atoms. The number of aromatic amines is 1. The van der Waals surface area contributed by atoms with Crippen LogP contribution in [-0.2, 0) is 5.60 Å². The Morgan fingerprint density at radius 1 is 1.21 bits per heavy atom. The first-order valence-corrected chi connectivity index (χ1v) is 10.7. The van der Waals surface area contributed by atoms with E-state index < -0.39 is 41.1 Å².